The van der Waals surface area contributed by atoms with Crippen LogP contribution in [0.15, 0.2) is 60.7 Å². The molecule has 3 aromatic carbocycles. The second-order valence-corrected chi connectivity index (χ2v) is 16.9. The van der Waals surface area contributed by atoms with Gasteiger partial charge in [-0.1, -0.05) is 31.5 Å². The number of fused-ring (bicyclic) bond motifs is 1. The predicted octanol–water partition coefficient (Wildman–Crippen LogP) is 4.58. The van der Waals surface area contributed by atoms with E-state index in [0.29, 0.717) is 52.0 Å². The van der Waals surface area contributed by atoms with Crippen molar-refractivity contribution in [3.63, 3.8) is 0 Å². The number of benzene rings is 3. The van der Waals surface area contributed by atoms with Crippen molar-refractivity contribution in [2.45, 2.75) is 51.7 Å². The molecule has 4 fully saturated rings. The molecule has 5 aliphatic heterocycles. The van der Waals surface area contributed by atoms with Gasteiger partial charge in [0.1, 0.15) is 24.0 Å². The fourth-order valence-electron chi connectivity index (χ4n) is 8.95. The standard InChI is InChI=1S/C43H46ClN7O6/c1-43(2)26-50(25-36(43)57-31-11-8-29(23-45)33(44)22-31)40(54)28-6-9-30(10-7-28)48-20-18-47(19-21-48)24-27-14-16-49(17-15-27)34-5-3-4-32-38(34)42(56)51(41(32)55)35-12-13-37(52)46-39(35)53/h3-11,22,27,35-36H,12-21,24-26H2,1-2H3,(H,46,52,53)/t35?,36-/m0/s1. The number of hydrogen-bond acceptors (Lipinski definition) is 10. The third kappa shape index (κ3) is 7.56. The van der Waals surface area contributed by atoms with Gasteiger partial charge in [-0.25, -0.2) is 0 Å². The van der Waals surface area contributed by atoms with E-state index >= 15 is 0 Å². The van der Waals surface area contributed by atoms with E-state index in [2.05, 4.69) is 39.9 Å². The minimum Gasteiger partial charge on any atom is -0.488 e. The summed E-state index contributed by atoms with van der Waals surface area (Å²) in [5.74, 6) is -0.889. The summed E-state index contributed by atoms with van der Waals surface area (Å²) in [5, 5.41) is 11.8. The average molecular weight is 792 g/mol. The summed E-state index contributed by atoms with van der Waals surface area (Å²) < 4.78 is 6.27. The first-order chi connectivity index (χ1) is 27.4. The Kier molecular flexibility index (Phi) is 10.4. The number of ether oxygens (including phenoxy) is 1. The van der Waals surface area contributed by atoms with Crippen LogP contribution in [-0.2, 0) is 9.59 Å². The Hall–Kier alpha value is -5.45. The topological polar surface area (TPSA) is 147 Å². The molecule has 0 spiro atoms. The van der Waals surface area contributed by atoms with Gasteiger partial charge in [-0.2, -0.15) is 5.26 Å². The van der Waals surface area contributed by atoms with Crippen LogP contribution < -0.4 is 19.9 Å². The van der Waals surface area contributed by atoms with E-state index in [1.54, 1.807) is 30.3 Å². The molecular weight excluding hydrogens is 746 g/mol. The fourth-order valence-corrected chi connectivity index (χ4v) is 9.16. The van der Waals surface area contributed by atoms with Crippen LogP contribution in [0.3, 0.4) is 0 Å². The lowest BCUT2D eigenvalue weighted by Gasteiger charge is -2.40. The molecule has 0 aliphatic carbocycles. The van der Waals surface area contributed by atoms with Gasteiger partial charge in [0.15, 0.2) is 0 Å². The maximum Gasteiger partial charge on any atom is 0.264 e. The average Bonchev–Trinajstić information content (AvgIpc) is 3.65. The number of halogens is 1. The van der Waals surface area contributed by atoms with Crippen molar-refractivity contribution >= 4 is 52.5 Å². The van der Waals surface area contributed by atoms with Crippen molar-refractivity contribution in [3.8, 4) is 11.8 Å². The quantitative estimate of drug-likeness (QED) is 0.322. The molecule has 1 N–H and O–H groups in total. The number of nitriles is 1. The first-order valence-corrected chi connectivity index (χ1v) is 20.1. The van der Waals surface area contributed by atoms with Crippen molar-refractivity contribution in [1.29, 1.82) is 5.26 Å². The highest BCUT2D eigenvalue weighted by molar-refractivity contribution is 6.31. The maximum atomic E-state index is 13.6. The van der Waals surface area contributed by atoms with Crippen molar-refractivity contribution in [2.24, 2.45) is 11.3 Å². The number of hydrogen-bond donors (Lipinski definition) is 1. The number of piperidine rings is 2. The zero-order valence-corrected chi connectivity index (χ0v) is 33.0. The smallest absolute Gasteiger partial charge is 0.264 e. The zero-order valence-electron chi connectivity index (χ0n) is 32.2. The van der Waals surface area contributed by atoms with Crippen molar-refractivity contribution < 1.29 is 28.7 Å². The van der Waals surface area contributed by atoms with E-state index in [9.17, 15) is 29.2 Å². The third-order valence-corrected chi connectivity index (χ3v) is 12.6. The summed E-state index contributed by atoms with van der Waals surface area (Å²) in [5.41, 5.74) is 3.25. The van der Waals surface area contributed by atoms with Gasteiger partial charge in [-0.3, -0.25) is 39.1 Å². The van der Waals surface area contributed by atoms with E-state index in [1.165, 1.54) is 0 Å². The molecule has 14 heteroatoms. The minimum atomic E-state index is -0.982. The molecule has 0 radical (unpaired) electrons. The van der Waals surface area contributed by atoms with Gasteiger partial charge in [0.05, 0.1) is 33.9 Å². The Morgan fingerprint density at radius 3 is 2.33 bits per heavy atom. The summed E-state index contributed by atoms with van der Waals surface area (Å²) in [6.45, 7) is 11.4. The highest BCUT2D eigenvalue weighted by atomic mass is 35.5. The number of likely N-dealkylation sites (tertiary alicyclic amines) is 1. The number of nitrogens with zero attached hydrogens (tertiary/aromatic N) is 6. The molecule has 1 unspecified atom stereocenters. The van der Waals surface area contributed by atoms with Crippen molar-refractivity contribution in [1.82, 2.24) is 20.0 Å². The molecule has 8 rings (SSSR count). The number of nitrogens with one attached hydrogen (secondary N) is 1. The summed E-state index contributed by atoms with van der Waals surface area (Å²) in [7, 11) is 0. The lowest BCUT2D eigenvalue weighted by atomic mass is 9.90. The highest BCUT2D eigenvalue weighted by Gasteiger charge is 2.47. The molecular formula is C43H46ClN7O6. The summed E-state index contributed by atoms with van der Waals surface area (Å²) in [4.78, 5) is 74.8. The Labute approximate surface area is 337 Å². The van der Waals surface area contributed by atoms with E-state index in [0.717, 1.165) is 74.9 Å². The molecule has 5 aliphatic rings. The Balaban J connectivity index is 0.809. The molecule has 2 atom stereocenters. The number of carbonyl (C=O) groups is 5. The second-order valence-electron chi connectivity index (χ2n) is 16.4. The summed E-state index contributed by atoms with van der Waals surface area (Å²) in [6.07, 6.45) is 1.92. The van der Waals surface area contributed by atoms with E-state index in [4.69, 9.17) is 16.3 Å². The number of amides is 5. The van der Waals surface area contributed by atoms with E-state index < -0.39 is 29.7 Å². The molecule has 3 aromatic rings. The van der Waals surface area contributed by atoms with E-state index in [-0.39, 0.29) is 30.3 Å². The van der Waals surface area contributed by atoms with Crippen LogP contribution in [0.4, 0.5) is 11.4 Å². The van der Waals surface area contributed by atoms with Gasteiger partial charge in [-0.05, 0) is 73.7 Å². The fraction of sp³-hybridized carbons (Fsp3) is 0.442. The van der Waals surface area contributed by atoms with Crippen LogP contribution in [0.5, 0.6) is 5.75 Å². The lowest BCUT2D eigenvalue weighted by molar-refractivity contribution is -0.136. The predicted molar refractivity (Wildman–Crippen MR) is 213 cm³/mol. The van der Waals surface area contributed by atoms with Gasteiger partial charge in [0, 0.05) is 81.5 Å². The monoisotopic (exact) mass is 791 g/mol. The van der Waals surface area contributed by atoms with Gasteiger partial charge in [0.25, 0.3) is 17.7 Å². The summed E-state index contributed by atoms with van der Waals surface area (Å²) in [6, 6.07) is 19.3. The van der Waals surface area contributed by atoms with Gasteiger partial charge >= 0.3 is 0 Å². The molecule has 0 bridgehead atoms. The van der Waals surface area contributed by atoms with Crippen LogP contribution in [0.2, 0.25) is 5.02 Å². The Morgan fingerprint density at radius 2 is 1.65 bits per heavy atom. The molecule has 4 saturated heterocycles. The highest BCUT2D eigenvalue weighted by Crippen LogP contribution is 2.37. The molecule has 5 amide bonds. The summed E-state index contributed by atoms with van der Waals surface area (Å²) >= 11 is 6.22. The normalized spacial score (nSPS) is 22.8. The van der Waals surface area contributed by atoms with Crippen molar-refractivity contribution in [3.05, 3.63) is 87.9 Å². The number of anilines is 2. The van der Waals surface area contributed by atoms with Gasteiger partial charge in [0.2, 0.25) is 11.8 Å². The molecule has 57 heavy (non-hydrogen) atoms. The van der Waals surface area contributed by atoms with Crippen LogP contribution in [-0.4, -0.2) is 115 Å². The molecule has 0 saturated carbocycles. The number of imide groups is 2. The first kappa shape index (κ1) is 38.4. The largest absolute Gasteiger partial charge is 0.488 e. The second kappa shape index (κ2) is 15.5. The first-order valence-electron chi connectivity index (χ1n) is 19.7. The zero-order chi connectivity index (χ0) is 40.0. The van der Waals surface area contributed by atoms with Crippen LogP contribution >= 0.6 is 11.6 Å². The number of piperazine rings is 1. The van der Waals surface area contributed by atoms with E-state index in [1.807, 2.05) is 35.2 Å². The molecule has 0 aromatic heterocycles. The van der Waals surface area contributed by atoms with Crippen LogP contribution in [0, 0.1) is 22.7 Å². The number of rotatable bonds is 8. The number of carbonyl (C=O) groups excluding carboxylic acids is 5. The minimum absolute atomic E-state index is 0.0274. The van der Waals surface area contributed by atoms with Crippen LogP contribution in [0.25, 0.3) is 0 Å². The van der Waals surface area contributed by atoms with Crippen molar-refractivity contribution in [2.75, 3.05) is 68.7 Å². The maximum absolute atomic E-state index is 13.6. The molecule has 13 nitrogen and oxygen atoms in total. The Morgan fingerprint density at radius 1 is 0.912 bits per heavy atom. The van der Waals surface area contributed by atoms with Crippen LogP contribution in [0.1, 0.15) is 76.2 Å². The Bertz CT molecular complexity index is 2150. The molecule has 296 valence electrons. The lowest BCUT2D eigenvalue weighted by Crippen LogP contribution is -2.54. The SMILES string of the molecule is CC1(C)CN(C(=O)c2ccc(N3CCN(CC4CCN(c5cccc6c5C(=O)N(C5CCC(=O)NC5=O)C6=O)CC4)CC3)cc2)C[C@@H]1Oc1ccc(C#N)c(Cl)c1. The van der Waals surface area contributed by atoms with Gasteiger partial charge in [-0.15, -0.1) is 0 Å². The molecule has 5 heterocycles. The van der Waals surface area contributed by atoms with Gasteiger partial charge < -0.3 is 19.4 Å². The third-order valence-electron chi connectivity index (χ3n) is 12.3.